The first-order valence-corrected chi connectivity index (χ1v) is 14.2. The van der Waals surface area contributed by atoms with Gasteiger partial charge in [0.05, 0.1) is 31.3 Å². The molecule has 1 atom stereocenters. The summed E-state index contributed by atoms with van der Waals surface area (Å²) in [5.74, 6) is 1.40. The van der Waals surface area contributed by atoms with Gasteiger partial charge in [-0.1, -0.05) is 44.7 Å². The molecule has 3 aromatic rings. The number of para-hydroxylation sites is 2. The van der Waals surface area contributed by atoms with Gasteiger partial charge >= 0.3 is 0 Å². The zero-order chi connectivity index (χ0) is 27.4. The number of amides is 2. The number of carbonyl (C=O) groups excluding carboxylic acids is 2. The number of nitrogens with zero attached hydrogens (tertiary/aromatic N) is 3. The third-order valence-electron chi connectivity index (χ3n) is 8.09. The Labute approximate surface area is 231 Å². The molecule has 0 bridgehead atoms. The number of methoxy groups -OCH3 is 2. The lowest BCUT2D eigenvalue weighted by Crippen LogP contribution is -2.48. The third-order valence-corrected chi connectivity index (χ3v) is 8.09. The predicted octanol–water partition coefficient (Wildman–Crippen LogP) is 6.14. The Morgan fingerprint density at radius 2 is 1.72 bits per heavy atom. The van der Waals surface area contributed by atoms with E-state index in [0.717, 1.165) is 61.2 Å². The van der Waals surface area contributed by atoms with Crippen LogP contribution in [-0.2, 0) is 9.59 Å². The first kappa shape index (κ1) is 26.9. The van der Waals surface area contributed by atoms with Gasteiger partial charge < -0.3 is 18.9 Å². The molecule has 7 nitrogen and oxygen atoms in total. The second-order valence-corrected chi connectivity index (χ2v) is 10.5. The SMILES string of the molecule is CCCCN(CC(=O)N1c2ccccc2-n2cccc2C1c1cc(OC)ccc1OC)C(=O)C1CCCCC1. The monoisotopic (exact) mass is 529 g/mol. The van der Waals surface area contributed by atoms with Crippen LogP contribution in [0.5, 0.6) is 11.5 Å². The van der Waals surface area contributed by atoms with Crippen molar-refractivity contribution < 1.29 is 19.1 Å². The van der Waals surface area contributed by atoms with Crippen LogP contribution in [0.2, 0.25) is 0 Å². The van der Waals surface area contributed by atoms with Crippen molar-refractivity contribution in [2.75, 3.05) is 32.2 Å². The lowest BCUT2D eigenvalue weighted by atomic mass is 9.88. The second kappa shape index (κ2) is 12.0. The van der Waals surface area contributed by atoms with Crippen molar-refractivity contribution >= 4 is 17.5 Å². The van der Waals surface area contributed by atoms with Gasteiger partial charge in [-0.2, -0.15) is 0 Å². The number of benzene rings is 2. The van der Waals surface area contributed by atoms with Crippen molar-refractivity contribution in [3.63, 3.8) is 0 Å². The highest BCUT2D eigenvalue weighted by Crippen LogP contribution is 2.45. The van der Waals surface area contributed by atoms with Crippen molar-refractivity contribution in [3.05, 3.63) is 72.1 Å². The number of hydrogen-bond donors (Lipinski definition) is 0. The van der Waals surface area contributed by atoms with E-state index in [4.69, 9.17) is 9.47 Å². The Balaban J connectivity index is 1.58. The predicted molar refractivity (Wildman–Crippen MR) is 153 cm³/mol. The topological polar surface area (TPSA) is 64.0 Å². The number of ether oxygens (including phenoxy) is 2. The van der Waals surface area contributed by atoms with Gasteiger partial charge in [-0.3, -0.25) is 14.5 Å². The highest BCUT2D eigenvalue weighted by atomic mass is 16.5. The minimum atomic E-state index is -0.453. The summed E-state index contributed by atoms with van der Waals surface area (Å²) in [5.41, 5.74) is 3.52. The van der Waals surface area contributed by atoms with Gasteiger partial charge in [-0.25, -0.2) is 0 Å². The smallest absolute Gasteiger partial charge is 0.247 e. The average molecular weight is 530 g/mol. The molecule has 1 aliphatic heterocycles. The Kier molecular flexibility index (Phi) is 8.24. The van der Waals surface area contributed by atoms with Crippen LogP contribution in [0.1, 0.15) is 69.2 Å². The van der Waals surface area contributed by atoms with Crippen LogP contribution in [0.4, 0.5) is 5.69 Å². The van der Waals surface area contributed by atoms with E-state index in [1.807, 2.05) is 70.6 Å². The van der Waals surface area contributed by atoms with Crippen molar-refractivity contribution in [1.29, 1.82) is 0 Å². The van der Waals surface area contributed by atoms with Crippen LogP contribution in [0.25, 0.3) is 5.69 Å². The summed E-state index contributed by atoms with van der Waals surface area (Å²) in [6, 6.07) is 17.2. The maximum atomic E-state index is 14.4. The summed E-state index contributed by atoms with van der Waals surface area (Å²) in [7, 11) is 3.28. The number of fused-ring (bicyclic) bond motifs is 3. The van der Waals surface area contributed by atoms with Crippen LogP contribution >= 0.6 is 0 Å². The van der Waals surface area contributed by atoms with Crippen LogP contribution in [0.15, 0.2) is 60.8 Å². The molecule has 206 valence electrons. The van der Waals surface area contributed by atoms with Crippen molar-refractivity contribution in [3.8, 4) is 17.2 Å². The molecule has 2 aliphatic rings. The molecule has 1 aliphatic carbocycles. The number of unbranched alkanes of at least 4 members (excludes halogenated alkanes) is 1. The van der Waals surface area contributed by atoms with Crippen molar-refractivity contribution in [1.82, 2.24) is 9.47 Å². The lowest BCUT2D eigenvalue weighted by molar-refractivity contribution is -0.139. The van der Waals surface area contributed by atoms with Gasteiger partial charge in [-0.05, 0) is 61.7 Å². The van der Waals surface area contributed by atoms with Crippen LogP contribution < -0.4 is 14.4 Å². The summed E-state index contributed by atoms with van der Waals surface area (Å²) < 4.78 is 13.5. The lowest BCUT2D eigenvalue weighted by Gasteiger charge is -2.40. The van der Waals surface area contributed by atoms with E-state index in [1.54, 1.807) is 14.2 Å². The molecule has 0 radical (unpaired) electrons. The fourth-order valence-corrected chi connectivity index (χ4v) is 6.07. The molecule has 0 spiro atoms. The molecule has 2 amide bonds. The van der Waals surface area contributed by atoms with Gasteiger partial charge in [-0.15, -0.1) is 0 Å². The first-order chi connectivity index (χ1) is 19.1. The highest BCUT2D eigenvalue weighted by molar-refractivity contribution is 6.00. The van der Waals surface area contributed by atoms with E-state index in [1.165, 1.54) is 6.42 Å². The normalized spacial score (nSPS) is 16.8. The van der Waals surface area contributed by atoms with Gasteiger partial charge in [0.1, 0.15) is 24.1 Å². The number of rotatable bonds is 9. The van der Waals surface area contributed by atoms with Gasteiger partial charge in [0, 0.05) is 24.2 Å². The number of carbonyl (C=O) groups is 2. The van der Waals surface area contributed by atoms with Gasteiger partial charge in [0.25, 0.3) is 0 Å². The molecule has 1 unspecified atom stereocenters. The summed E-state index contributed by atoms with van der Waals surface area (Å²) in [4.78, 5) is 31.8. The minimum absolute atomic E-state index is 0.0172. The summed E-state index contributed by atoms with van der Waals surface area (Å²) in [5, 5.41) is 0. The summed E-state index contributed by atoms with van der Waals surface area (Å²) >= 11 is 0. The molecule has 39 heavy (non-hydrogen) atoms. The summed E-state index contributed by atoms with van der Waals surface area (Å²) in [6.07, 6.45) is 9.05. The maximum Gasteiger partial charge on any atom is 0.247 e. The van der Waals surface area contributed by atoms with Gasteiger partial charge in [0.15, 0.2) is 0 Å². The van der Waals surface area contributed by atoms with Crippen LogP contribution in [-0.4, -0.2) is 48.6 Å². The molecule has 2 aromatic carbocycles. The molecule has 5 rings (SSSR count). The number of aromatic nitrogens is 1. The zero-order valence-corrected chi connectivity index (χ0v) is 23.3. The van der Waals surface area contributed by atoms with E-state index in [9.17, 15) is 9.59 Å². The van der Waals surface area contributed by atoms with Gasteiger partial charge in [0.2, 0.25) is 11.8 Å². The van der Waals surface area contributed by atoms with Crippen molar-refractivity contribution in [2.24, 2.45) is 5.92 Å². The fourth-order valence-electron chi connectivity index (χ4n) is 6.07. The molecular formula is C32H39N3O4. The quantitative estimate of drug-likeness (QED) is 0.334. The molecule has 1 saturated carbocycles. The molecule has 0 saturated heterocycles. The molecule has 7 heteroatoms. The third kappa shape index (κ3) is 5.27. The number of hydrogen-bond acceptors (Lipinski definition) is 4. The maximum absolute atomic E-state index is 14.4. The zero-order valence-electron chi connectivity index (χ0n) is 23.3. The minimum Gasteiger partial charge on any atom is -0.497 e. The average Bonchev–Trinajstić information content (AvgIpc) is 3.48. The van der Waals surface area contributed by atoms with E-state index in [2.05, 4.69) is 11.5 Å². The second-order valence-electron chi connectivity index (χ2n) is 10.5. The molecule has 1 aromatic heterocycles. The standard InChI is InChI=1S/C32H39N3O4/c1-4-5-19-33(32(37)23-12-7-6-8-13-23)22-30(36)35-27-15-10-9-14-26(27)34-20-11-16-28(34)31(35)25-21-24(38-2)17-18-29(25)39-3/h9-11,14-18,20-21,23,31H,4-8,12-13,19,22H2,1-3H3. The van der Waals surface area contributed by atoms with E-state index in [0.29, 0.717) is 18.0 Å². The molecular weight excluding hydrogens is 490 g/mol. The first-order valence-electron chi connectivity index (χ1n) is 14.2. The van der Waals surface area contributed by atoms with Crippen molar-refractivity contribution in [2.45, 2.75) is 57.9 Å². The number of anilines is 1. The molecule has 1 fully saturated rings. The molecule has 0 N–H and O–H groups in total. The Hall–Kier alpha value is -3.74. The molecule has 2 heterocycles. The van der Waals surface area contributed by atoms with Crippen LogP contribution in [0.3, 0.4) is 0 Å². The van der Waals surface area contributed by atoms with E-state index in [-0.39, 0.29) is 24.3 Å². The Morgan fingerprint density at radius 1 is 0.949 bits per heavy atom. The highest BCUT2D eigenvalue weighted by Gasteiger charge is 2.39. The van der Waals surface area contributed by atoms with Crippen LogP contribution in [0, 0.1) is 5.92 Å². The Bertz CT molecular complexity index is 1310. The van der Waals surface area contributed by atoms with E-state index < -0.39 is 6.04 Å². The fraction of sp³-hybridized carbons (Fsp3) is 0.438. The Morgan fingerprint density at radius 3 is 2.44 bits per heavy atom. The summed E-state index contributed by atoms with van der Waals surface area (Å²) in [6.45, 7) is 2.76. The van der Waals surface area contributed by atoms with E-state index >= 15 is 0 Å². The largest absolute Gasteiger partial charge is 0.497 e.